The predicted molar refractivity (Wildman–Crippen MR) is 68.7 cm³/mol. The third kappa shape index (κ3) is 2.83. The zero-order chi connectivity index (χ0) is 12.3. The van der Waals surface area contributed by atoms with Gasteiger partial charge in [-0.3, -0.25) is 0 Å². The van der Waals surface area contributed by atoms with E-state index < -0.39 is 0 Å². The fourth-order valence-corrected chi connectivity index (χ4v) is 3.47. The standard InChI is InChI=1S/C14H27NO2/c1-11-4-6-14(10-15,7-5-11)13(16)12-3-2-8-17-9-12/h11-13,16H,2-10,15H2,1H3. The van der Waals surface area contributed by atoms with Crippen molar-refractivity contribution in [3.63, 3.8) is 0 Å². The summed E-state index contributed by atoms with van der Waals surface area (Å²) in [5, 5.41) is 10.7. The summed E-state index contributed by atoms with van der Waals surface area (Å²) in [5.74, 6) is 1.10. The molecule has 2 rings (SSSR count). The first-order valence-corrected chi connectivity index (χ1v) is 7.14. The maximum absolute atomic E-state index is 10.7. The molecule has 0 amide bonds. The molecular formula is C14H27NO2. The van der Waals surface area contributed by atoms with Crippen LogP contribution in [0, 0.1) is 17.3 Å². The summed E-state index contributed by atoms with van der Waals surface area (Å²) in [6.45, 7) is 4.50. The van der Waals surface area contributed by atoms with E-state index in [0.29, 0.717) is 12.5 Å². The van der Waals surface area contributed by atoms with Gasteiger partial charge in [-0.15, -0.1) is 0 Å². The first-order chi connectivity index (χ1) is 8.18. The summed E-state index contributed by atoms with van der Waals surface area (Å²) in [4.78, 5) is 0. The molecule has 1 aliphatic carbocycles. The molecule has 0 aromatic rings. The van der Waals surface area contributed by atoms with Gasteiger partial charge in [-0.1, -0.05) is 19.8 Å². The van der Waals surface area contributed by atoms with Gasteiger partial charge in [-0.05, 0) is 31.6 Å². The smallest absolute Gasteiger partial charge is 0.0658 e. The van der Waals surface area contributed by atoms with Crippen LogP contribution in [-0.4, -0.2) is 31.0 Å². The summed E-state index contributed by atoms with van der Waals surface area (Å²) in [6, 6.07) is 0. The molecule has 2 aliphatic rings. The molecule has 1 saturated carbocycles. The Hall–Kier alpha value is -0.120. The van der Waals surface area contributed by atoms with Crippen LogP contribution in [0.25, 0.3) is 0 Å². The van der Waals surface area contributed by atoms with Crippen molar-refractivity contribution >= 4 is 0 Å². The molecule has 3 heteroatoms. The van der Waals surface area contributed by atoms with E-state index in [1.54, 1.807) is 0 Å². The van der Waals surface area contributed by atoms with Crippen molar-refractivity contribution in [3.8, 4) is 0 Å². The van der Waals surface area contributed by atoms with Gasteiger partial charge in [0.05, 0.1) is 12.7 Å². The highest BCUT2D eigenvalue weighted by atomic mass is 16.5. The minimum atomic E-state index is -0.264. The van der Waals surface area contributed by atoms with E-state index in [1.807, 2.05) is 0 Å². The summed E-state index contributed by atoms with van der Waals surface area (Å²) < 4.78 is 5.50. The number of ether oxygens (including phenoxy) is 1. The van der Waals surface area contributed by atoms with Crippen LogP contribution in [-0.2, 0) is 4.74 Å². The molecule has 3 nitrogen and oxygen atoms in total. The van der Waals surface area contributed by atoms with Gasteiger partial charge >= 0.3 is 0 Å². The van der Waals surface area contributed by atoms with Crippen molar-refractivity contribution in [2.75, 3.05) is 19.8 Å². The first kappa shape index (κ1) is 13.3. The van der Waals surface area contributed by atoms with E-state index in [2.05, 4.69) is 6.92 Å². The summed E-state index contributed by atoms with van der Waals surface area (Å²) in [5.41, 5.74) is 5.96. The van der Waals surface area contributed by atoms with Gasteiger partial charge in [0, 0.05) is 24.5 Å². The molecule has 1 aliphatic heterocycles. The predicted octanol–water partition coefficient (Wildman–Crippen LogP) is 1.93. The maximum Gasteiger partial charge on any atom is 0.0658 e. The quantitative estimate of drug-likeness (QED) is 0.794. The summed E-state index contributed by atoms with van der Waals surface area (Å²) >= 11 is 0. The Morgan fingerprint density at radius 1 is 1.35 bits per heavy atom. The minimum absolute atomic E-state index is 0.0299. The van der Waals surface area contributed by atoms with E-state index in [1.165, 1.54) is 12.8 Å². The molecule has 2 fully saturated rings. The Bertz CT molecular complexity index is 230. The Balaban J connectivity index is 2.00. The lowest BCUT2D eigenvalue weighted by molar-refractivity contribution is -0.0842. The SMILES string of the molecule is CC1CCC(CN)(C(O)C2CCCOC2)CC1. The summed E-state index contributed by atoms with van der Waals surface area (Å²) in [7, 11) is 0. The van der Waals surface area contributed by atoms with Crippen LogP contribution in [0.5, 0.6) is 0 Å². The van der Waals surface area contributed by atoms with Gasteiger partial charge < -0.3 is 15.6 Å². The largest absolute Gasteiger partial charge is 0.392 e. The van der Waals surface area contributed by atoms with Crippen molar-refractivity contribution in [3.05, 3.63) is 0 Å². The average molecular weight is 241 g/mol. The zero-order valence-electron chi connectivity index (χ0n) is 11.0. The molecule has 0 aromatic heterocycles. The fraction of sp³-hybridized carbons (Fsp3) is 1.00. The molecule has 100 valence electrons. The van der Waals surface area contributed by atoms with E-state index >= 15 is 0 Å². The third-order valence-corrected chi connectivity index (χ3v) is 4.95. The number of aliphatic hydroxyl groups is 1. The van der Waals surface area contributed by atoms with Gasteiger partial charge in [0.2, 0.25) is 0 Å². The number of nitrogens with two attached hydrogens (primary N) is 1. The van der Waals surface area contributed by atoms with Crippen LogP contribution < -0.4 is 5.73 Å². The summed E-state index contributed by atoms with van der Waals surface area (Å²) in [6.07, 6.45) is 6.51. The van der Waals surface area contributed by atoms with E-state index in [-0.39, 0.29) is 11.5 Å². The van der Waals surface area contributed by atoms with Crippen LogP contribution in [0.4, 0.5) is 0 Å². The second kappa shape index (κ2) is 5.68. The van der Waals surface area contributed by atoms with Crippen molar-refractivity contribution in [1.82, 2.24) is 0 Å². The van der Waals surface area contributed by atoms with Crippen LogP contribution >= 0.6 is 0 Å². The molecule has 1 saturated heterocycles. The second-order valence-corrected chi connectivity index (χ2v) is 6.17. The Morgan fingerprint density at radius 2 is 2.06 bits per heavy atom. The Kier molecular flexibility index (Phi) is 4.45. The lowest BCUT2D eigenvalue weighted by atomic mass is 9.64. The fourth-order valence-electron chi connectivity index (χ4n) is 3.47. The van der Waals surface area contributed by atoms with E-state index in [9.17, 15) is 5.11 Å². The number of rotatable bonds is 3. The monoisotopic (exact) mass is 241 g/mol. The van der Waals surface area contributed by atoms with Gasteiger partial charge in [0.25, 0.3) is 0 Å². The van der Waals surface area contributed by atoms with Gasteiger partial charge in [0.15, 0.2) is 0 Å². The lowest BCUT2D eigenvalue weighted by Gasteiger charge is -2.45. The van der Waals surface area contributed by atoms with E-state index in [0.717, 1.165) is 44.8 Å². The molecule has 3 N–H and O–H groups in total. The van der Waals surface area contributed by atoms with E-state index in [4.69, 9.17) is 10.5 Å². The van der Waals surface area contributed by atoms with Crippen LogP contribution in [0.15, 0.2) is 0 Å². The normalized spacial score (nSPS) is 41.1. The Labute approximate surface area is 105 Å². The number of hydrogen-bond acceptors (Lipinski definition) is 3. The Morgan fingerprint density at radius 3 is 2.59 bits per heavy atom. The minimum Gasteiger partial charge on any atom is -0.392 e. The highest BCUT2D eigenvalue weighted by Gasteiger charge is 2.43. The van der Waals surface area contributed by atoms with Crippen molar-refractivity contribution in [2.45, 2.75) is 51.6 Å². The first-order valence-electron chi connectivity index (χ1n) is 7.14. The van der Waals surface area contributed by atoms with Crippen molar-refractivity contribution < 1.29 is 9.84 Å². The van der Waals surface area contributed by atoms with Gasteiger partial charge in [-0.2, -0.15) is 0 Å². The highest BCUT2D eigenvalue weighted by Crippen LogP contribution is 2.44. The molecule has 2 unspecified atom stereocenters. The molecule has 0 spiro atoms. The molecule has 0 radical (unpaired) electrons. The average Bonchev–Trinajstić information content (AvgIpc) is 2.40. The molecular weight excluding hydrogens is 214 g/mol. The molecule has 2 atom stereocenters. The molecule has 0 bridgehead atoms. The maximum atomic E-state index is 10.7. The number of hydrogen-bond donors (Lipinski definition) is 2. The third-order valence-electron chi connectivity index (χ3n) is 4.95. The molecule has 0 aromatic carbocycles. The van der Waals surface area contributed by atoms with Crippen LogP contribution in [0.2, 0.25) is 0 Å². The van der Waals surface area contributed by atoms with Crippen LogP contribution in [0.3, 0.4) is 0 Å². The van der Waals surface area contributed by atoms with Crippen molar-refractivity contribution in [1.29, 1.82) is 0 Å². The van der Waals surface area contributed by atoms with Crippen molar-refractivity contribution in [2.24, 2.45) is 23.0 Å². The van der Waals surface area contributed by atoms with Gasteiger partial charge in [-0.25, -0.2) is 0 Å². The molecule has 17 heavy (non-hydrogen) atoms. The second-order valence-electron chi connectivity index (χ2n) is 6.17. The topological polar surface area (TPSA) is 55.5 Å². The lowest BCUT2D eigenvalue weighted by Crippen LogP contribution is -2.49. The van der Waals surface area contributed by atoms with Crippen LogP contribution in [0.1, 0.15) is 45.4 Å². The van der Waals surface area contributed by atoms with Gasteiger partial charge in [0.1, 0.15) is 0 Å². The molecule has 1 heterocycles. The number of aliphatic hydroxyl groups excluding tert-OH is 1. The zero-order valence-corrected chi connectivity index (χ0v) is 11.0. The highest BCUT2D eigenvalue weighted by molar-refractivity contribution is 4.94.